The second-order valence-electron chi connectivity index (χ2n) is 6.12. The molecule has 2 aromatic heterocycles. The monoisotopic (exact) mass is 355 g/mol. The molecule has 26 heavy (non-hydrogen) atoms. The van der Waals surface area contributed by atoms with Gasteiger partial charge in [0.05, 0.1) is 33.2 Å². The average molecular weight is 355 g/mol. The van der Waals surface area contributed by atoms with E-state index in [4.69, 9.17) is 14.2 Å². The summed E-state index contributed by atoms with van der Waals surface area (Å²) in [5.74, 6) is 1.96. The molecule has 0 aliphatic carbocycles. The van der Waals surface area contributed by atoms with E-state index in [-0.39, 0.29) is 6.10 Å². The van der Waals surface area contributed by atoms with Crippen molar-refractivity contribution in [1.82, 2.24) is 19.5 Å². The molecule has 1 aliphatic rings. The smallest absolute Gasteiger partial charge is 0.165 e. The number of imidazole rings is 1. The van der Waals surface area contributed by atoms with Gasteiger partial charge >= 0.3 is 0 Å². The quantitative estimate of drug-likeness (QED) is 0.728. The van der Waals surface area contributed by atoms with Crippen molar-refractivity contribution < 1.29 is 14.2 Å². The van der Waals surface area contributed by atoms with Crippen molar-refractivity contribution in [2.45, 2.75) is 25.5 Å². The number of methoxy groups -OCH3 is 2. The van der Waals surface area contributed by atoms with Gasteiger partial charge in [-0.3, -0.25) is 0 Å². The Morgan fingerprint density at radius 3 is 2.85 bits per heavy atom. The van der Waals surface area contributed by atoms with Gasteiger partial charge < -0.3 is 24.1 Å². The fourth-order valence-electron chi connectivity index (χ4n) is 3.16. The van der Waals surface area contributed by atoms with Gasteiger partial charge in [-0.1, -0.05) is 0 Å². The fourth-order valence-corrected chi connectivity index (χ4v) is 3.16. The largest absolute Gasteiger partial charge is 0.493 e. The molecule has 8 nitrogen and oxygen atoms in total. The van der Waals surface area contributed by atoms with Crippen molar-refractivity contribution in [2.75, 3.05) is 26.1 Å². The Kier molecular flexibility index (Phi) is 4.57. The van der Waals surface area contributed by atoms with Crippen LogP contribution in [0.25, 0.3) is 11.2 Å². The molecule has 0 amide bonds. The summed E-state index contributed by atoms with van der Waals surface area (Å²) in [4.78, 5) is 13.2. The minimum atomic E-state index is 0.227. The summed E-state index contributed by atoms with van der Waals surface area (Å²) < 4.78 is 18.4. The van der Waals surface area contributed by atoms with Gasteiger partial charge in [-0.15, -0.1) is 0 Å². The predicted octanol–water partition coefficient (Wildman–Crippen LogP) is 2.77. The van der Waals surface area contributed by atoms with E-state index in [0.717, 1.165) is 42.8 Å². The van der Waals surface area contributed by atoms with E-state index >= 15 is 0 Å². The number of fused-ring (bicyclic) bond motifs is 1. The van der Waals surface area contributed by atoms with Crippen LogP contribution >= 0.6 is 0 Å². The molecule has 1 fully saturated rings. The number of anilines is 2. The fraction of sp³-hybridized carbons (Fsp3) is 0.389. The van der Waals surface area contributed by atoms with Gasteiger partial charge in [-0.25, -0.2) is 15.0 Å². The normalized spacial score (nSPS) is 16.8. The number of hydrogen-bond donors (Lipinski definition) is 1. The van der Waals surface area contributed by atoms with Gasteiger partial charge in [0.2, 0.25) is 0 Å². The molecule has 8 heteroatoms. The van der Waals surface area contributed by atoms with Crippen molar-refractivity contribution in [3.8, 4) is 11.5 Å². The minimum absolute atomic E-state index is 0.227. The number of benzene rings is 1. The summed E-state index contributed by atoms with van der Waals surface area (Å²) in [6.45, 7) is 1.59. The van der Waals surface area contributed by atoms with Crippen LogP contribution in [0.2, 0.25) is 0 Å². The Morgan fingerprint density at radius 1 is 1.19 bits per heavy atom. The summed E-state index contributed by atoms with van der Waals surface area (Å²) in [5.41, 5.74) is 2.34. The molecule has 0 bridgehead atoms. The number of aromatic nitrogens is 4. The molecule has 1 aliphatic heterocycles. The van der Waals surface area contributed by atoms with E-state index < -0.39 is 0 Å². The highest BCUT2D eigenvalue weighted by atomic mass is 16.5. The number of nitrogens with zero attached hydrogens (tertiary/aromatic N) is 4. The van der Waals surface area contributed by atoms with E-state index in [9.17, 15) is 0 Å². The maximum absolute atomic E-state index is 5.72. The van der Waals surface area contributed by atoms with Crippen LogP contribution in [-0.2, 0) is 11.3 Å². The second-order valence-corrected chi connectivity index (χ2v) is 6.12. The van der Waals surface area contributed by atoms with Gasteiger partial charge in [-0.2, -0.15) is 0 Å². The topological polar surface area (TPSA) is 83.3 Å². The third kappa shape index (κ3) is 3.15. The van der Waals surface area contributed by atoms with Crippen LogP contribution < -0.4 is 14.8 Å². The Morgan fingerprint density at radius 2 is 2.08 bits per heavy atom. The third-order valence-corrected chi connectivity index (χ3v) is 4.47. The first kappa shape index (κ1) is 16.6. The van der Waals surface area contributed by atoms with Gasteiger partial charge in [-0.05, 0) is 25.0 Å². The third-order valence-electron chi connectivity index (χ3n) is 4.47. The molecular weight excluding hydrogens is 334 g/mol. The van der Waals surface area contributed by atoms with Gasteiger partial charge in [0.25, 0.3) is 0 Å². The standard InChI is InChI=1S/C18H21N5O3/c1-24-14-6-5-12(8-15(14)25-2)22-17-16-18(20-10-19-17)23(11-21-16)9-13-4-3-7-26-13/h5-6,8,10-11,13H,3-4,7,9H2,1-2H3,(H,19,20,22). The van der Waals surface area contributed by atoms with Gasteiger partial charge in [0, 0.05) is 18.4 Å². The first-order valence-corrected chi connectivity index (χ1v) is 8.55. The van der Waals surface area contributed by atoms with E-state index in [1.807, 2.05) is 22.8 Å². The maximum atomic E-state index is 5.72. The number of nitrogens with one attached hydrogen (secondary N) is 1. The highest BCUT2D eigenvalue weighted by molar-refractivity contribution is 5.85. The van der Waals surface area contributed by atoms with Crippen LogP contribution in [0.15, 0.2) is 30.9 Å². The first-order chi connectivity index (χ1) is 12.8. The van der Waals surface area contributed by atoms with Gasteiger partial charge in [0.15, 0.2) is 28.5 Å². The molecule has 0 saturated carbocycles. The number of ether oxygens (including phenoxy) is 3. The molecule has 0 radical (unpaired) electrons. The van der Waals surface area contributed by atoms with Crippen LogP contribution in [0.1, 0.15) is 12.8 Å². The van der Waals surface area contributed by atoms with Crippen molar-refractivity contribution >= 4 is 22.7 Å². The Bertz CT molecular complexity index is 905. The average Bonchev–Trinajstić information content (AvgIpc) is 3.33. The Balaban J connectivity index is 1.61. The van der Waals surface area contributed by atoms with E-state index in [2.05, 4.69) is 20.3 Å². The van der Waals surface area contributed by atoms with Crippen molar-refractivity contribution in [3.05, 3.63) is 30.9 Å². The van der Waals surface area contributed by atoms with Crippen molar-refractivity contribution in [1.29, 1.82) is 0 Å². The summed E-state index contributed by atoms with van der Waals surface area (Å²) in [6, 6.07) is 5.60. The minimum Gasteiger partial charge on any atom is -0.493 e. The molecule has 3 heterocycles. The van der Waals surface area contributed by atoms with Crippen LogP contribution in [0.4, 0.5) is 11.5 Å². The first-order valence-electron chi connectivity index (χ1n) is 8.55. The lowest BCUT2D eigenvalue weighted by Crippen LogP contribution is -2.14. The summed E-state index contributed by atoms with van der Waals surface area (Å²) in [6.07, 6.45) is 5.74. The predicted molar refractivity (Wildman–Crippen MR) is 97.1 cm³/mol. The number of rotatable bonds is 6. The van der Waals surface area contributed by atoms with E-state index in [1.165, 1.54) is 0 Å². The molecule has 3 aromatic rings. The lowest BCUT2D eigenvalue weighted by atomic mass is 10.2. The van der Waals surface area contributed by atoms with Crippen molar-refractivity contribution in [2.24, 2.45) is 0 Å². The molecule has 1 unspecified atom stereocenters. The molecule has 1 aromatic carbocycles. The van der Waals surface area contributed by atoms with E-state index in [1.54, 1.807) is 26.9 Å². The van der Waals surface area contributed by atoms with E-state index in [0.29, 0.717) is 17.3 Å². The molecule has 1 N–H and O–H groups in total. The zero-order valence-electron chi connectivity index (χ0n) is 14.8. The van der Waals surface area contributed by atoms with Gasteiger partial charge in [0.1, 0.15) is 6.33 Å². The molecular formula is C18H21N5O3. The zero-order chi connectivity index (χ0) is 17.9. The van der Waals surface area contributed by atoms with Crippen LogP contribution in [0.3, 0.4) is 0 Å². The summed E-state index contributed by atoms with van der Waals surface area (Å²) in [5, 5.41) is 3.29. The molecule has 4 rings (SSSR count). The highest BCUT2D eigenvalue weighted by Crippen LogP contribution is 2.31. The molecule has 1 saturated heterocycles. The zero-order valence-corrected chi connectivity index (χ0v) is 14.8. The summed E-state index contributed by atoms with van der Waals surface area (Å²) in [7, 11) is 3.22. The SMILES string of the molecule is COc1ccc(Nc2ncnc3c2ncn3CC2CCCO2)cc1OC. The molecule has 136 valence electrons. The molecule has 1 atom stereocenters. The Labute approximate surface area is 151 Å². The van der Waals surface area contributed by atoms with Crippen LogP contribution in [0.5, 0.6) is 11.5 Å². The number of hydrogen-bond acceptors (Lipinski definition) is 7. The Hall–Kier alpha value is -2.87. The lowest BCUT2D eigenvalue weighted by Gasteiger charge is -2.12. The highest BCUT2D eigenvalue weighted by Gasteiger charge is 2.18. The van der Waals surface area contributed by atoms with Crippen molar-refractivity contribution in [3.63, 3.8) is 0 Å². The second kappa shape index (κ2) is 7.17. The molecule has 0 spiro atoms. The maximum Gasteiger partial charge on any atom is 0.165 e. The van der Waals surface area contributed by atoms with Crippen LogP contribution in [-0.4, -0.2) is 46.4 Å². The van der Waals surface area contributed by atoms with Crippen LogP contribution in [0, 0.1) is 0 Å². The lowest BCUT2D eigenvalue weighted by molar-refractivity contribution is 0.0978. The summed E-state index contributed by atoms with van der Waals surface area (Å²) >= 11 is 0.